The maximum Gasteiger partial charge on any atom is 0.226 e. The number of hydrogen-bond acceptors (Lipinski definition) is 3. The number of hydrogen-bond donors (Lipinski definition) is 1. The Hall–Kier alpha value is -3.15. The molecule has 2 aromatic carbocycles. The number of aryl methyl sites for hydroxylation is 2. The second-order valence-corrected chi connectivity index (χ2v) is 6.85. The Morgan fingerprint density at radius 2 is 1.96 bits per heavy atom. The Morgan fingerprint density at radius 3 is 2.78 bits per heavy atom. The Kier molecular flexibility index (Phi) is 4.39. The maximum atomic E-state index is 12.5. The zero-order chi connectivity index (χ0) is 19.0. The van der Waals surface area contributed by atoms with E-state index in [1.54, 1.807) is 6.33 Å². The average molecular weight is 361 g/mol. The molecule has 27 heavy (non-hydrogen) atoms. The molecule has 1 amide bonds. The summed E-state index contributed by atoms with van der Waals surface area (Å²) < 4.78 is 4.21. The van der Waals surface area contributed by atoms with E-state index in [0.717, 1.165) is 40.1 Å². The highest BCUT2D eigenvalue weighted by molar-refractivity contribution is 5.93. The molecule has 2 aromatic heterocycles. The molecule has 0 bridgehead atoms. The first-order valence-corrected chi connectivity index (χ1v) is 9.25. The molecule has 138 valence electrons. The van der Waals surface area contributed by atoms with E-state index in [4.69, 9.17) is 0 Å². The summed E-state index contributed by atoms with van der Waals surface area (Å²) in [6.07, 6.45) is 2.18. The second-order valence-electron chi connectivity index (χ2n) is 6.85. The summed E-state index contributed by atoms with van der Waals surface area (Å²) in [6, 6.07) is 13.9. The first kappa shape index (κ1) is 17.3. The lowest BCUT2D eigenvalue weighted by molar-refractivity contribution is -0.116. The molecule has 6 heteroatoms. The first-order valence-electron chi connectivity index (χ1n) is 9.25. The number of carbonyl (C=O) groups excluding carboxylic acids is 1. The molecule has 6 nitrogen and oxygen atoms in total. The van der Waals surface area contributed by atoms with Gasteiger partial charge < -0.3 is 14.5 Å². The molecule has 0 fully saturated rings. The second kappa shape index (κ2) is 6.87. The van der Waals surface area contributed by atoms with E-state index in [1.807, 2.05) is 60.9 Å². The van der Waals surface area contributed by atoms with Gasteiger partial charge in [0.05, 0.1) is 28.4 Å². The Balaban J connectivity index is 1.50. The van der Waals surface area contributed by atoms with E-state index in [1.165, 1.54) is 0 Å². The predicted octanol–water partition coefficient (Wildman–Crippen LogP) is 4.30. The lowest BCUT2D eigenvalue weighted by atomic mass is 10.2. The van der Waals surface area contributed by atoms with Gasteiger partial charge in [0.25, 0.3) is 0 Å². The van der Waals surface area contributed by atoms with Gasteiger partial charge in [-0.3, -0.25) is 4.79 Å². The Labute approximate surface area is 157 Å². The van der Waals surface area contributed by atoms with Crippen molar-refractivity contribution in [2.75, 3.05) is 5.32 Å². The van der Waals surface area contributed by atoms with Crippen molar-refractivity contribution in [3.8, 4) is 0 Å². The van der Waals surface area contributed by atoms with Crippen LogP contribution in [0.3, 0.4) is 0 Å². The Morgan fingerprint density at radius 1 is 1.15 bits per heavy atom. The normalized spacial score (nSPS) is 12.6. The van der Waals surface area contributed by atoms with Crippen molar-refractivity contribution in [1.29, 1.82) is 0 Å². The molecule has 2 heterocycles. The first-order chi connectivity index (χ1) is 13.1. The SMILES string of the molecule is CCn1c(C)nc2cc(NC(=O)CC(C)n3cnc4ccccc43)ccc21. The van der Waals surface area contributed by atoms with Crippen LogP contribution in [0.2, 0.25) is 0 Å². The minimum Gasteiger partial charge on any atom is -0.329 e. The minimum atomic E-state index is -0.0220. The monoisotopic (exact) mass is 361 g/mol. The third-order valence-corrected chi connectivity index (χ3v) is 4.98. The zero-order valence-electron chi connectivity index (χ0n) is 15.8. The van der Waals surface area contributed by atoms with Crippen molar-refractivity contribution in [2.45, 2.75) is 39.8 Å². The van der Waals surface area contributed by atoms with Crippen LogP contribution in [0.4, 0.5) is 5.69 Å². The van der Waals surface area contributed by atoms with Crippen LogP contribution in [0.1, 0.15) is 32.1 Å². The number of fused-ring (bicyclic) bond motifs is 2. The smallest absolute Gasteiger partial charge is 0.226 e. The molecule has 4 rings (SSSR count). The number of anilines is 1. The highest BCUT2D eigenvalue weighted by atomic mass is 16.1. The van der Waals surface area contributed by atoms with Gasteiger partial charge in [0.1, 0.15) is 5.82 Å². The van der Waals surface area contributed by atoms with Gasteiger partial charge in [-0.2, -0.15) is 0 Å². The van der Waals surface area contributed by atoms with Gasteiger partial charge in [-0.1, -0.05) is 12.1 Å². The largest absolute Gasteiger partial charge is 0.329 e. The van der Waals surface area contributed by atoms with E-state index in [0.29, 0.717) is 6.42 Å². The molecule has 0 saturated carbocycles. The Bertz CT molecular complexity index is 1120. The number of imidazole rings is 2. The molecule has 0 saturated heterocycles. The molecule has 1 N–H and O–H groups in total. The van der Waals surface area contributed by atoms with Crippen molar-refractivity contribution in [2.24, 2.45) is 0 Å². The molecule has 1 unspecified atom stereocenters. The quantitative estimate of drug-likeness (QED) is 0.576. The van der Waals surface area contributed by atoms with Gasteiger partial charge in [-0.05, 0) is 51.1 Å². The van der Waals surface area contributed by atoms with Crippen LogP contribution < -0.4 is 5.32 Å². The van der Waals surface area contributed by atoms with Gasteiger partial charge in [0.2, 0.25) is 5.91 Å². The van der Waals surface area contributed by atoms with Gasteiger partial charge in [-0.15, -0.1) is 0 Å². The zero-order valence-corrected chi connectivity index (χ0v) is 15.8. The fraction of sp³-hybridized carbons (Fsp3) is 0.286. The van der Waals surface area contributed by atoms with Gasteiger partial charge in [0, 0.05) is 24.7 Å². The average Bonchev–Trinajstić information content (AvgIpc) is 3.21. The lowest BCUT2D eigenvalue weighted by Gasteiger charge is -2.14. The molecule has 0 aliphatic carbocycles. The van der Waals surface area contributed by atoms with E-state index >= 15 is 0 Å². The fourth-order valence-electron chi connectivity index (χ4n) is 3.64. The third-order valence-electron chi connectivity index (χ3n) is 4.98. The lowest BCUT2D eigenvalue weighted by Crippen LogP contribution is -2.17. The van der Waals surface area contributed by atoms with Gasteiger partial charge in [-0.25, -0.2) is 9.97 Å². The molecule has 1 atom stereocenters. The number of amides is 1. The van der Waals surface area contributed by atoms with Crippen LogP contribution in [0.25, 0.3) is 22.1 Å². The number of nitrogens with one attached hydrogen (secondary N) is 1. The van der Waals surface area contributed by atoms with Crippen LogP contribution in [0, 0.1) is 6.92 Å². The summed E-state index contributed by atoms with van der Waals surface area (Å²) >= 11 is 0. The minimum absolute atomic E-state index is 0.0164. The van der Waals surface area contributed by atoms with E-state index < -0.39 is 0 Å². The van der Waals surface area contributed by atoms with E-state index in [9.17, 15) is 4.79 Å². The topological polar surface area (TPSA) is 64.7 Å². The van der Waals surface area contributed by atoms with Crippen LogP contribution in [-0.2, 0) is 11.3 Å². The third kappa shape index (κ3) is 3.18. The van der Waals surface area contributed by atoms with Crippen LogP contribution >= 0.6 is 0 Å². The molecule has 0 aliphatic heterocycles. The summed E-state index contributed by atoms with van der Waals surface area (Å²) in [5, 5.41) is 3.00. The summed E-state index contributed by atoms with van der Waals surface area (Å²) in [7, 11) is 0. The number of para-hydroxylation sites is 2. The van der Waals surface area contributed by atoms with Crippen molar-refractivity contribution >= 4 is 33.7 Å². The van der Waals surface area contributed by atoms with Gasteiger partial charge >= 0.3 is 0 Å². The molecular formula is C21H23N5O. The van der Waals surface area contributed by atoms with Crippen molar-refractivity contribution < 1.29 is 4.79 Å². The van der Waals surface area contributed by atoms with E-state index in [-0.39, 0.29) is 11.9 Å². The summed E-state index contributed by atoms with van der Waals surface area (Å²) in [5.74, 6) is 0.961. The summed E-state index contributed by atoms with van der Waals surface area (Å²) in [4.78, 5) is 21.5. The van der Waals surface area contributed by atoms with Crippen molar-refractivity contribution in [3.05, 3.63) is 54.6 Å². The summed E-state index contributed by atoms with van der Waals surface area (Å²) in [5.41, 5.74) is 4.75. The van der Waals surface area contributed by atoms with Crippen molar-refractivity contribution in [1.82, 2.24) is 19.1 Å². The fourth-order valence-corrected chi connectivity index (χ4v) is 3.64. The molecule has 0 spiro atoms. The van der Waals surface area contributed by atoms with Crippen molar-refractivity contribution in [3.63, 3.8) is 0 Å². The van der Waals surface area contributed by atoms with Crippen LogP contribution in [-0.4, -0.2) is 25.0 Å². The molecule has 0 radical (unpaired) electrons. The summed E-state index contributed by atoms with van der Waals surface area (Å²) in [6.45, 7) is 7.01. The number of rotatable bonds is 5. The molecule has 0 aliphatic rings. The number of carbonyl (C=O) groups is 1. The van der Waals surface area contributed by atoms with Crippen LogP contribution in [0.5, 0.6) is 0 Å². The molecule has 4 aromatic rings. The standard InChI is InChI=1S/C21H23N5O/c1-4-25-15(3)23-18-12-16(9-10-20(18)25)24-21(27)11-14(2)26-13-22-17-7-5-6-8-19(17)26/h5-10,12-14H,4,11H2,1-3H3,(H,24,27). The molecular weight excluding hydrogens is 338 g/mol. The van der Waals surface area contributed by atoms with Gasteiger partial charge in [0.15, 0.2) is 0 Å². The number of nitrogens with zero attached hydrogens (tertiary/aromatic N) is 4. The number of benzene rings is 2. The van der Waals surface area contributed by atoms with E-state index in [2.05, 4.69) is 26.8 Å². The number of aromatic nitrogens is 4. The predicted molar refractivity (Wildman–Crippen MR) is 108 cm³/mol. The highest BCUT2D eigenvalue weighted by Crippen LogP contribution is 2.22. The van der Waals surface area contributed by atoms with Crippen LogP contribution in [0.15, 0.2) is 48.8 Å². The highest BCUT2D eigenvalue weighted by Gasteiger charge is 2.14. The maximum absolute atomic E-state index is 12.5.